The van der Waals surface area contributed by atoms with Crippen LogP contribution in [0.2, 0.25) is 0 Å². The summed E-state index contributed by atoms with van der Waals surface area (Å²) in [5.74, 6) is -0.381. The summed E-state index contributed by atoms with van der Waals surface area (Å²) in [5.41, 5.74) is 0.354. The van der Waals surface area contributed by atoms with E-state index in [9.17, 15) is 4.79 Å². The normalized spacial score (nSPS) is 25.6. The average molecular weight is 178 g/mol. The van der Waals surface area contributed by atoms with E-state index >= 15 is 0 Å². The highest BCUT2D eigenvalue weighted by Crippen LogP contribution is 2.05. The summed E-state index contributed by atoms with van der Waals surface area (Å²) in [4.78, 5) is 12.8. The molecule has 0 spiro atoms. The fourth-order valence-corrected chi connectivity index (χ4v) is 0.909. The standard InChI is InChI=1S/C9H10N2O2/c1-7-5-3-4-6-11(2)9(12)8(7)10-13/h3-6,13H,1H2,2H3/b5-3-,6-4-,10-8-. The van der Waals surface area contributed by atoms with Crippen molar-refractivity contribution in [2.45, 2.75) is 0 Å². The Hall–Kier alpha value is -1.84. The fourth-order valence-electron chi connectivity index (χ4n) is 0.909. The van der Waals surface area contributed by atoms with Crippen molar-refractivity contribution in [1.82, 2.24) is 4.90 Å². The van der Waals surface area contributed by atoms with Crippen molar-refractivity contribution in [2.75, 3.05) is 7.05 Å². The van der Waals surface area contributed by atoms with E-state index < -0.39 is 0 Å². The highest BCUT2D eigenvalue weighted by molar-refractivity contribution is 6.45. The average Bonchev–Trinajstić information content (AvgIpc) is 2.11. The Labute approximate surface area is 76.1 Å². The third-order valence-corrected chi connectivity index (χ3v) is 1.65. The van der Waals surface area contributed by atoms with E-state index in [-0.39, 0.29) is 11.6 Å². The van der Waals surface area contributed by atoms with Crippen molar-refractivity contribution in [3.05, 3.63) is 36.6 Å². The zero-order valence-corrected chi connectivity index (χ0v) is 7.27. The lowest BCUT2D eigenvalue weighted by Gasteiger charge is -2.13. The fraction of sp³-hybridized carbons (Fsp3) is 0.111. The molecule has 0 fully saturated rings. The molecule has 0 saturated carbocycles. The molecular weight excluding hydrogens is 168 g/mol. The van der Waals surface area contributed by atoms with Gasteiger partial charge in [-0.15, -0.1) is 0 Å². The summed E-state index contributed by atoms with van der Waals surface area (Å²) in [6.07, 6.45) is 6.61. The third-order valence-electron chi connectivity index (χ3n) is 1.65. The number of carbonyl (C=O) groups excluding carboxylic acids is 1. The van der Waals surface area contributed by atoms with Crippen molar-refractivity contribution in [2.24, 2.45) is 5.16 Å². The molecule has 0 bridgehead atoms. The minimum atomic E-state index is -0.381. The lowest BCUT2D eigenvalue weighted by Crippen LogP contribution is -2.30. The molecule has 1 aliphatic heterocycles. The van der Waals surface area contributed by atoms with Gasteiger partial charge in [-0.25, -0.2) is 0 Å². The van der Waals surface area contributed by atoms with Crippen LogP contribution in [0, 0.1) is 0 Å². The van der Waals surface area contributed by atoms with Gasteiger partial charge in [0.1, 0.15) is 0 Å². The van der Waals surface area contributed by atoms with Crippen LogP contribution in [0.15, 0.2) is 41.7 Å². The molecule has 4 nitrogen and oxygen atoms in total. The zero-order valence-electron chi connectivity index (χ0n) is 7.27. The summed E-state index contributed by atoms with van der Waals surface area (Å²) in [5, 5.41) is 11.5. The van der Waals surface area contributed by atoms with Gasteiger partial charge in [-0.05, 0) is 6.08 Å². The molecule has 1 rings (SSSR count). The molecule has 0 aliphatic carbocycles. The molecule has 0 aromatic carbocycles. The molecule has 13 heavy (non-hydrogen) atoms. The van der Waals surface area contributed by atoms with Gasteiger partial charge >= 0.3 is 0 Å². The van der Waals surface area contributed by atoms with Gasteiger partial charge in [0.25, 0.3) is 5.91 Å². The maximum Gasteiger partial charge on any atom is 0.280 e. The molecule has 1 amide bonds. The monoisotopic (exact) mass is 178 g/mol. The third kappa shape index (κ3) is 1.84. The molecule has 1 heterocycles. The lowest BCUT2D eigenvalue weighted by molar-refractivity contribution is -0.120. The Kier molecular flexibility index (Phi) is 2.64. The van der Waals surface area contributed by atoms with Crippen LogP contribution in [0.1, 0.15) is 0 Å². The van der Waals surface area contributed by atoms with Gasteiger partial charge in [0, 0.05) is 18.8 Å². The van der Waals surface area contributed by atoms with E-state index in [4.69, 9.17) is 5.21 Å². The number of allylic oxidation sites excluding steroid dienone is 3. The minimum absolute atomic E-state index is 0.0388. The Morgan fingerprint density at radius 2 is 2.23 bits per heavy atom. The van der Waals surface area contributed by atoms with Gasteiger partial charge in [0.05, 0.1) is 0 Å². The first-order valence-corrected chi connectivity index (χ1v) is 3.70. The van der Waals surface area contributed by atoms with Crippen LogP contribution in [-0.4, -0.2) is 28.8 Å². The summed E-state index contributed by atoms with van der Waals surface area (Å²) in [7, 11) is 1.58. The van der Waals surface area contributed by atoms with Crippen molar-refractivity contribution >= 4 is 11.6 Å². The quantitative estimate of drug-likeness (QED) is 0.443. The molecule has 1 N–H and O–H groups in total. The lowest BCUT2D eigenvalue weighted by atomic mass is 10.1. The van der Waals surface area contributed by atoms with Crippen LogP contribution in [0.5, 0.6) is 0 Å². The second kappa shape index (κ2) is 3.71. The van der Waals surface area contributed by atoms with Gasteiger partial charge in [-0.1, -0.05) is 23.9 Å². The Balaban J connectivity index is 3.10. The molecule has 0 radical (unpaired) electrons. The molecule has 4 heteroatoms. The summed E-state index contributed by atoms with van der Waals surface area (Å²) < 4.78 is 0. The number of hydrogen-bond acceptors (Lipinski definition) is 3. The second-order valence-electron chi connectivity index (χ2n) is 2.59. The van der Waals surface area contributed by atoms with Crippen molar-refractivity contribution in [1.29, 1.82) is 0 Å². The summed E-state index contributed by atoms with van der Waals surface area (Å²) in [6.45, 7) is 3.59. The first kappa shape index (κ1) is 9.25. The maximum absolute atomic E-state index is 11.4. The predicted molar refractivity (Wildman–Crippen MR) is 49.4 cm³/mol. The number of rotatable bonds is 0. The predicted octanol–water partition coefficient (Wildman–Crippen LogP) is 0.915. The van der Waals surface area contributed by atoms with Crippen LogP contribution in [-0.2, 0) is 4.79 Å². The number of carbonyl (C=O) groups is 1. The first-order chi connectivity index (χ1) is 6.16. The van der Waals surface area contributed by atoms with E-state index in [2.05, 4.69) is 11.7 Å². The van der Waals surface area contributed by atoms with Gasteiger partial charge in [-0.3, -0.25) is 4.79 Å². The first-order valence-electron chi connectivity index (χ1n) is 3.70. The molecule has 0 aromatic heterocycles. The van der Waals surface area contributed by atoms with E-state index in [0.717, 1.165) is 0 Å². The van der Waals surface area contributed by atoms with Gasteiger partial charge in [-0.2, -0.15) is 0 Å². The van der Waals surface area contributed by atoms with Crippen LogP contribution in [0.3, 0.4) is 0 Å². The van der Waals surface area contributed by atoms with Crippen LogP contribution >= 0.6 is 0 Å². The van der Waals surface area contributed by atoms with Gasteiger partial charge in [0.15, 0.2) is 5.71 Å². The van der Waals surface area contributed by atoms with Crippen LogP contribution in [0.25, 0.3) is 0 Å². The molecule has 68 valence electrons. The minimum Gasteiger partial charge on any atom is -0.410 e. The zero-order chi connectivity index (χ0) is 9.84. The number of nitrogens with zero attached hydrogens (tertiary/aromatic N) is 2. The van der Waals surface area contributed by atoms with E-state index in [1.165, 1.54) is 4.90 Å². The van der Waals surface area contributed by atoms with E-state index in [1.807, 2.05) is 0 Å². The Morgan fingerprint density at radius 3 is 2.85 bits per heavy atom. The topological polar surface area (TPSA) is 52.9 Å². The van der Waals surface area contributed by atoms with Crippen molar-refractivity contribution in [3.63, 3.8) is 0 Å². The molecule has 1 aliphatic rings. The highest BCUT2D eigenvalue weighted by Gasteiger charge is 2.17. The molecule has 0 atom stereocenters. The largest absolute Gasteiger partial charge is 0.410 e. The molecular formula is C9H10N2O2. The number of hydrogen-bond donors (Lipinski definition) is 1. The summed E-state index contributed by atoms with van der Waals surface area (Å²) in [6, 6.07) is 0. The van der Waals surface area contributed by atoms with Crippen molar-refractivity contribution in [3.8, 4) is 0 Å². The Morgan fingerprint density at radius 1 is 1.54 bits per heavy atom. The van der Waals surface area contributed by atoms with Gasteiger partial charge in [0.2, 0.25) is 0 Å². The Bertz CT molecular complexity index is 327. The van der Waals surface area contributed by atoms with Gasteiger partial charge < -0.3 is 10.1 Å². The highest BCUT2D eigenvalue weighted by atomic mass is 16.4. The molecule has 0 unspecified atom stereocenters. The van der Waals surface area contributed by atoms with Crippen LogP contribution in [0.4, 0.5) is 0 Å². The number of oxime groups is 1. The van der Waals surface area contributed by atoms with E-state index in [0.29, 0.717) is 5.57 Å². The smallest absolute Gasteiger partial charge is 0.280 e. The SMILES string of the molecule is C=C1/C=C\C=C/N(C)C(=O)/C1=N\O. The molecule has 0 saturated heterocycles. The number of amides is 1. The second-order valence-corrected chi connectivity index (χ2v) is 2.59. The summed E-state index contributed by atoms with van der Waals surface area (Å²) >= 11 is 0. The molecule has 0 aromatic rings. The van der Waals surface area contributed by atoms with Crippen LogP contribution < -0.4 is 0 Å². The van der Waals surface area contributed by atoms with Crippen molar-refractivity contribution < 1.29 is 10.0 Å². The van der Waals surface area contributed by atoms with E-state index in [1.54, 1.807) is 31.5 Å². The maximum atomic E-state index is 11.4.